The van der Waals surface area contributed by atoms with Crippen LogP contribution in [0.3, 0.4) is 0 Å². The first-order valence-corrected chi connectivity index (χ1v) is 16.4. The zero-order chi connectivity index (χ0) is 29.4. The van der Waals surface area contributed by atoms with Crippen LogP contribution in [0.2, 0.25) is 0 Å². The van der Waals surface area contributed by atoms with Crippen molar-refractivity contribution in [2.75, 3.05) is 26.9 Å². The lowest BCUT2D eigenvalue weighted by Gasteiger charge is -2.65. The van der Waals surface area contributed by atoms with Gasteiger partial charge < -0.3 is 29.5 Å². The third-order valence-electron chi connectivity index (χ3n) is 12.4. The fourth-order valence-corrected chi connectivity index (χ4v) is 10.1. The molecule has 234 valence electrons. The highest BCUT2D eigenvalue weighted by Gasteiger charge is 2.71. The van der Waals surface area contributed by atoms with Crippen molar-refractivity contribution < 1.29 is 34.3 Å². The summed E-state index contributed by atoms with van der Waals surface area (Å²) in [5, 5.41) is 39.1. The number of aliphatic hydroxyl groups excluding tert-OH is 2. The monoisotopic (exact) mass is 577 g/mol. The number of methoxy groups -OCH3 is 1. The summed E-state index contributed by atoms with van der Waals surface area (Å²) in [5.41, 5.74) is -0.909. The summed E-state index contributed by atoms with van der Waals surface area (Å²) < 4.78 is 17.1. The van der Waals surface area contributed by atoms with Crippen LogP contribution in [0.15, 0.2) is 11.6 Å². The number of nitrogens with one attached hydrogen (secondary N) is 1. The van der Waals surface area contributed by atoms with Crippen molar-refractivity contribution in [2.45, 2.75) is 128 Å². The molecule has 41 heavy (non-hydrogen) atoms. The van der Waals surface area contributed by atoms with Crippen molar-refractivity contribution in [3.05, 3.63) is 11.6 Å². The molecule has 0 saturated heterocycles. The van der Waals surface area contributed by atoms with Crippen molar-refractivity contribution in [1.82, 2.24) is 5.32 Å². The van der Waals surface area contributed by atoms with E-state index in [1.807, 2.05) is 0 Å². The standard InChI is InChI=1S/C33H55NO7/c1-5-28(34-16-8-6-7-9-17-39-4)41-30-24-11-10-23-25(31(24,2)14-13-26(30)35)19-27(36)32(3)22(12-15-33(23,32)38)21-18-29(37)40-20-21/h18,22-28,30,34-36,38H,5-17,19-20H2,1-4H3. The Morgan fingerprint density at radius 2 is 1.80 bits per heavy atom. The zero-order valence-electron chi connectivity index (χ0n) is 25.8. The minimum atomic E-state index is -0.996. The average molecular weight is 578 g/mol. The molecule has 11 unspecified atom stereocenters. The number of hydrogen-bond acceptors (Lipinski definition) is 8. The second kappa shape index (κ2) is 12.5. The Morgan fingerprint density at radius 1 is 1.05 bits per heavy atom. The quantitative estimate of drug-likeness (QED) is 0.156. The van der Waals surface area contributed by atoms with Gasteiger partial charge in [-0.25, -0.2) is 4.79 Å². The van der Waals surface area contributed by atoms with Crippen molar-refractivity contribution in [3.8, 4) is 0 Å². The Hall–Kier alpha value is -1.03. The molecule has 0 aromatic heterocycles. The largest absolute Gasteiger partial charge is 0.458 e. The number of ether oxygens (including phenoxy) is 3. The molecule has 4 aliphatic carbocycles. The highest BCUT2D eigenvalue weighted by molar-refractivity contribution is 5.85. The molecular formula is C33H55NO7. The van der Waals surface area contributed by atoms with Crippen LogP contribution in [0.4, 0.5) is 0 Å². The Morgan fingerprint density at radius 3 is 2.51 bits per heavy atom. The van der Waals surface area contributed by atoms with E-state index in [1.54, 1.807) is 13.2 Å². The van der Waals surface area contributed by atoms with Gasteiger partial charge in [0.1, 0.15) is 12.8 Å². The topological polar surface area (TPSA) is 117 Å². The fraction of sp³-hybridized carbons (Fsp3) is 0.909. The molecule has 5 aliphatic rings. The molecule has 0 radical (unpaired) electrons. The molecule has 0 aromatic carbocycles. The van der Waals surface area contributed by atoms with Crippen LogP contribution in [0.1, 0.15) is 97.8 Å². The van der Waals surface area contributed by atoms with Crippen molar-refractivity contribution in [1.29, 1.82) is 0 Å². The number of carbonyl (C=O) groups is 1. The van der Waals surface area contributed by atoms with Gasteiger partial charge in [0.25, 0.3) is 0 Å². The third-order valence-corrected chi connectivity index (χ3v) is 12.4. The molecule has 4 fully saturated rings. The maximum Gasteiger partial charge on any atom is 0.331 e. The molecule has 5 rings (SSSR count). The van der Waals surface area contributed by atoms with Gasteiger partial charge in [0, 0.05) is 25.2 Å². The predicted molar refractivity (Wildman–Crippen MR) is 156 cm³/mol. The molecule has 8 nitrogen and oxygen atoms in total. The van der Waals surface area contributed by atoms with Gasteiger partial charge in [-0.15, -0.1) is 0 Å². The molecule has 1 heterocycles. The van der Waals surface area contributed by atoms with E-state index in [9.17, 15) is 20.1 Å². The number of hydrogen-bond donors (Lipinski definition) is 4. The second-order valence-corrected chi connectivity index (χ2v) is 14.2. The van der Waals surface area contributed by atoms with E-state index in [0.717, 1.165) is 70.1 Å². The van der Waals surface area contributed by atoms with E-state index in [4.69, 9.17) is 14.2 Å². The van der Waals surface area contributed by atoms with Gasteiger partial charge in [-0.1, -0.05) is 33.6 Å². The molecule has 0 bridgehead atoms. The lowest BCUT2D eigenvalue weighted by molar-refractivity contribution is -0.262. The van der Waals surface area contributed by atoms with Gasteiger partial charge in [-0.2, -0.15) is 0 Å². The number of unbranched alkanes of at least 4 members (excludes halogenated alkanes) is 3. The van der Waals surface area contributed by atoms with Gasteiger partial charge >= 0.3 is 5.97 Å². The summed E-state index contributed by atoms with van der Waals surface area (Å²) in [6.45, 7) is 8.50. The molecule has 4 N–H and O–H groups in total. The molecule has 0 aromatic rings. The maximum absolute atomic E-state index is 12.5. The molecular weight excluding hydrogens is 522 g/mol. The normalized spacial score (nSPS) is 44.5. The average Bonchev–Trinajstić information content (AvgIpc) is 3.50. The number of aliphatic hydroxyl groups is 3. The minimum Gasteiger partial charge on any atom is -0.458 e. The van der Waals surface area contributed by atoms with Gasteiger partial charge in [0.2, 0.25) is 0 Å². The Labute approximate surface area is 246 Å². The van der Waals surface area contributed by atoms with Crippen molar-refractivity contribution in [3.63, 3.8) is 0 Å². The van der Waals surface area contributed by atoms with Crippen LogP contribution in [0.25, 0.3) is 0 Å². The first-order valence-electron chi connectivity index (χ1n) is 16.4. The molecule has 0 spiro atoms. The Kier molecular flexibility index (Phi) is 9.59. The van der Waals surface area contributed by atoms with E-state index < -0.39 is 23.2 Å². The van der Waals surface area contributed by atoms with Crippen LogP contribution in [-0.4, -0.2) is 78.3 Å². The van der Waals surface area contributed by atoms with Gasteiger partial charge in [0.05, 0.1) is 23.9 Å². The van der Waals surface area contributed by atoms with Crippen LogP contribution < -0.4 is 5.32 Å². The van der Waals surface area contributed by atoms with Crippen LogP contribution in [-0.2, 0) is 19.0 Å². The molecule has 8 heteroatoms. The van der Waals surface area contributed by atoms with E-state index in [-0.39, 0.29) is 54.0 Å². The van der Waals surface area contributed by atoms with E-state index in [0.29, 0.717) is 19.3 Å². The summed E-state index contributed by atoms with van der Waals surface area (Å²) in [5.74, 6) is 0.0421. The van der Waals surface area contributed by atoms with Crippen LogP contribution in [0.5, 0.6) is 0 Å². The smallest absolute Gasteiger partial charge is 0.331 e. The first kappa shape index (κ1) is 31.4. The van der Waals surface area contributed by atoms with Crippen molar-refractivity contribution >= 4 is 5.97 Å². The molecule has 0 amide bonds. The van der Waals surface area contributed by atoms with E-state index in [2.05, 4.69) is 26.1 Å². The van der Waals surface area contributed by atoms with Crippen LogP contribution in [0, 0.1) is 34.5 Å². The van der Waals surface area contributed by atoms with E-state index >= 15 is 0 Å². The number of fused-ring (bicyclic) bond motifs is 5. The summed E-state index contributed by atoms with van der Waals surface area (Å²) >= 11 is 0. The van der Waals surface area contributed by atoms with Crippen molar-refractivity contribution in [2.24, 2.45) is 34.5 Å². The molecule has 1 aliphatic heterocycles. The summed E-state index contributed by atoms with van der Waals surface area (Å²) in [6.07, 6.45) is 10.8. The van der Waals surface area contributed by atoms with Gasteiger partial charge in [-0.05, 0) is 105 Å². The number of carbonyl (C=O) groups excluding carboxylic acids is 1. The lowest BCUT2D eigenvalue weighted by Crippen LogP contribution is -2.68. The minimum absolute atomic E-state index is 0.0546. The first-order chi connectivity index (χ1) is 19.6. The SMILES string of the molecule is CCC(NCCCCCCOC)OC1C(O)CCC2(C)C1CCC1C2CC(O)C2(C)C(C3=CC(=O)OC3)CCC12O. The zero-order valence-corrected chi connectivity index (χ0v) is 25.8. The summed E-state index contributed by atoms with van der Waals surface area (Å²) in [4.78, 5) is 11.9. The molecule has 4 saturated carbocycles. The molecule has 11 atom stereocenters. The summed E-state index contributed by atoms with van der Waals surface area (Å²) in [7, 11) is 1.75. The Bertz CT molecular complexity index is 958. The van der Waals surface area contributed by atoms with Crippen LogP contribution >= 0.6 is 0 Å². The third kappa shape index (κ3) is 5.44. The highest BCUT2D eigenvalue weighted by atomic mass is 16.5. The van der Waals surface area contributed by atoms with E-state index in [1.165, 1.54) is 6.42 Å². The Balaban J connectivity index is 1.28. The summed E-state index contributed by atoms with van der Waals surface area (Å²) in [6, 6.07) is 0. The number of esters is 1. The number of cyclic esters (lactones) is 1. The lowest BCUT2D eigenvalue weighted by atomic mass is 9.42. The highest BCUT2D eigenvalue weighted by Crippen LogP contribution is 2.70. The van der Waals surface area contributed by atoms with Gasteiger partial charge in [0.15, 0.2) is 0 Å². The maximum atomic E-state index is 12.5. The fourth-order valence-electron chi connectivity index (χ4n) is 10.1. The van der Waals surface area contributed by atoms with Gasteiger partial charge in [-0.3, -0.25) is 5.32 Å². The second-order valence-electron chi connectivity index (χ2n) is 14.2. The predicted octanol–water partition coefficient (Wildman–Crippen LogP) is 4.10. The number of rotatable bonds is 12.